The van der Waals surface area contributed by atoms with Crippen molar-refractivity contribution in [1.82, 2.24) is 21.6 Å². The number of nitrogens with one attached hydrogen (secondary N) is 4. The molecular formula is C14H25N5O3. The van der Waals surface area contributed by atoms with E-state index in [-0.39, 0.29) is 12.3 Å². The van der Waals surface area contributed by atoms with E-state index in [0.717, 1.165) is 0 Å². The molecule has 1 aliphatic carbocycles. The van der Waals surface area contributed by atoms with Crippen molar-refractivity contribution in [2.45, 2.75) is 57.1 Å². The van der Waals surface area contributed by atoms with Crippen LogP contribution in [0.5, 0.6) is 0 Å². The molecule has 0 aromatic rings. The van der Waals surface area contributed by atoms with E-state index in [1.54, 1.807) is 6.21 Å². The molecule has 0 spiro atoms. The highest BCUT2D eigenvalue weighted by atomic mass is 16.3. The molecule has 1 heterocycles. The highest BCUT2D eigenvalue weighted by Gasteiger charge is 2.28. The zero-order valence-corrected chi connectivity index (χ0v) is 12.5. The van der Waals surface area contributed by atoms with Crippen LogP contribution < -0.4 is 21.6 Å². The summed E-state index contributed by atoms with van der Waals surface area (Å²) >= 11 is 0. The minimum Gasteiger partial charge on any atom is -0.377 e. The van der Waals surface area contributed by atoms with Gasteiger partial charge < -0.3 is 10.2 Å². The maximum atomic E-state index is 11.7. The van der Waals surface area contributed by atoms with Gasteiger partial charge in [0, 0.05) is 12.6 Å². The van der Waals surface area contributed by atoms with Gasteiger partial charge in [0.05, 0.1) is 6.04 Å². The van der Waals surface area contributed by atoms with Crippen molar-refractivity contribution in [3.05, 3.63) is 12.2 Å². The second-order valence-corrected chi connectivity index (χ2v) is 5.71. The van der Waals surface area contributed by atoms with Gasteiger partial charge in [-0.05, 0) is 24.8 Å². The second kappa shape index (κ2) is 8.96. The lowest BCUT2D eigenvalue weighted by atomic mass is 9.89. The molecule has 3 atom stereocenters. The maximum absolute atomic E-state index is 11.7. The van der Waals surface area contributed by atoms with E-state index in [1.165, 1.54) is 32.1 Å². The third-order valence-electron chi connectivity index (χ3n) is 3.90. The fourth-order valence-electron chi connectivity index (χ4n) is 2.68. The summed E-state index contributed by atoms with van der Waals surface area (Å²) in [6.45, 7) is 0. The molecule has 0 bridgehead atoms. The Morgan fingerprint density at radius 1 is 1.23 bits per heavy atom. The lowest BCUT2D eigenvalue weighted by molar-refractivity contribution is -0.124. The van der Waals surface area contributed by atoms with E-state index in [4.69, 9.17) is 5.11 Å². The number of rotatable bonds is 5. The zero-order valence-electron chi connectivity index (χ0n) is 12.5. The largest absolute Gasteiger partial charge is 0.377 e. The minimum atomic E-state index is -1.04. The van der Waals surface area contributed by atoms with E-state index in [1.807, 2.05) is 6.08 Å². The van der Waals surface area contributed by atoms with Crippen molar-refractivity contribution in [3.8, 4) is 0 Å². The van der Waals surface area contributed by atoms with Crippen LogP contribution in [-0.4, -0.2) is 41.0 Å². The number of aliphatic hydroxyl groups excluding tert-OH is 2. The summed E-state index contributed by atoms with van der Waals surface area (Å²) in [5, 5.41) is 25.1. The predicted octanol–water partition coefficient (Wildman–Crippen LogP) is -0.725. The SMILES string of the molecule is O=C(CC1NNC(O)NC1O)N/N=C/C=C/C1CCCCC1. The summed E-state index contributed by atoms with van der Waals surface area (Å²) in [6, 6.07) is -0.545. The van der Waals surface area contributed by atoms with Crippen molar-refractivity contribution in [2.24, 2.45) is 11.0 Å². The van der Waals surface area contributed by atoms with Crippen LogP contribution in [-0.2, 0) is 4.79 Å². The molecule has 2 aliphatic rings. The molecule has 6 N–H and O–H groups in total. The third-order valence-corrected chi connectivity index (χ3v) is 3.90. The molecule has 1 saturated carbocycles. The van der Waals surface area contributed by atoms with Crippen molar-refractivity contribution < 1.29 is 15.0 Å². The van der Waals surface area contributed by atoms with E-state index >= 15 is 0 Å². The van der Waals surface area contributed by atoms with Gasteiger partial charge in [0.15, 0.2) is 6.35 Å². The minimum absolute atomic E-state index is 0.0254. The van der Waals surface area contributed by atoms with Crippen molar-refractivity contribution >= 4 is 12.1 Å². The normalized spacial score (nSPS) is 30.9. The number of nitrogens with zero attached hydrogens (tertiary/aromatic N) is 1. The Morgan fingerprint density at radius 3 is 2.73 bits per heavy atom. The van der Waals surface area contributed by atoms with E-state index < -0.39 is 18.6 Å². The molecule has 0 radical (unpaired) electrons. The number of hydrazine groups is 1. The number of carbonyl (C=O) groups excluding carboxylic acids is 1. The number of amides is 1. The summed E-state index contributed by atoms with van der Waals surface area (Å²) in [5.74, 6) is 0.305. The molecule has 0 aromatic heterocycles. The third kappa shape index (κ3) is 5.82. The Kier molecular flexibility index (Phi) is 6.94. The lowest BCUT2D eigenvalue weighted by Crippen LogP contribution is -2.67. The summed E-state index contributed by atoms with van der Waals surface area (Å²) in [7, 11) is 0. The molecule has 1 amide bonds. The second-order valence-electron chi connectivity index (χ2n) is 5.71. The summed E-state index contributed by atoms with van der Waals surface area (Å²) in [4.78, 5) is 11.7. The first kappa shape index (κ1) is 17.0. The van der Waals surface area contributed by atoms with Gasteiger partial charge in [-0.25, -0.2) is 16.3 Å². The number of hydrogen-bond acceptors (Lipinski definition) is 7. The fourth-order valence-corrected chi connectivity index (χ4v) is 2.68. The monoisotopic (exact) mass is 311 g/mol. The van der Waals surface area contributed by atoms with Crippen LogP contribution in [0.15, 0.2) is 17.3 Å². The summed E-state index contributed by atoms with van der Waals surface area (Å²) < 4.78 is 0. The van der Waals surface area contributed by atoms with Crippen molar-refractivity contribution in [3.63, 3.8) is 0 Å². The van der Waals surface area contributed by atoms with E-state index in [9.17, 15) is 9.90 Å². The van der Waals surface area contributed by atoms with Gasteiger partial charge in [-0.1, -0.05) is 25.3 Å². The first-order valence-corrected chi connectivity index (χ1v) is 7.77. The van der Waals surface area contributed by atoms with Crippen LogP contribution in [0.4, 0.5) is 0 Å². The van der Waals surface area contributed by atoms with Gasteiger partial charge in [-0.3, -0.25) is 10.1 Å². The lowest BCUT2D eigenvalue weighted by Gasteiger charge is -2.33. The Morgan fingerprint density at radius 2 is 2.00 bits per heavy atom. The van der Waals surface area contributed by atoms with E-state index in [2.05, 4.69) is 32.8 Å². The van der Waals surface area contributed by atoms with Gasteiger partial charge in [0.1, 0.15) is 6.23 Å². The average Bonchev–Trinajstić information content (AvgIpc) is 2.51. The first-order valence-electron chi connectivity index (χ1n) is 7.77. The Balaban J connectivity index is 1.64. The van der Waals surface area contributed by atoms with Gasteiger partial charge in [-0.2, -0.15) is 5.10 Å². The summed E-state index contributed by atoms with van der Waals surface area (Å²) in [5.41, 5.74) is 7.55. The van der Waals surface area contributed by atoms with Gasteiger partial charge in [-0.15, -0.1) is 0 Å². The quantitative estimate of drug-likeness (QED) is 0.294. The molecule has 2 rings (SSSR count). The van der Waals surface area contributed by atoms with Crippen LogP contribution in [0.25, 0.3) is 0 Å². The molecule has 1 aliphatic heterocycles. The highest BCUT2D eigenvalue weighted by Crippen LogP contribution is 2.24. The molecule has 2 fully saturated rings. The zero-order chi connectivity index (χ0) is 15.8. The number of allylic oxidation sites excluding steroid dienone is 2. The van der Waals surface area contributed by atoms with Crippen molar-refractivity contribution in [1.29, 1.82) is 0 Å². The van der Waals surface area contributed by atoms with Crippen LogP contribution >= 0.6 is 0 Å². The Labute approximate surface area is 130 Å². The molecular weight excluding hydrogens is 286 g/mol. The molecule has 0 aromatic carbocycles. The maximum Gasteiger partial charge on any atom is 0.241 e. The molecule has 3 unspecified atom stereocenters. The van der Waals surface area contributed by atoms with Gasteiger partial charge >= 0.3 is 0 Å². The Hall–Kier alpha value is -1.32. The fraction of sp³-hybridized carbons (Fsp3) is 0.714. The molecule has 22 heavy (non-hydrogen) atoms. The smallest absolute Gasteiger partial charge is 0.241 e. The Bertz CT molecular complexity index is 409. The molecule has 8 nitrogen and oxygen atoms in total. The number of hydrogen-bond donors (Lipinski definition) is 6. The summed E-state index contributed by atoms with van der Waals surface area (Å²) in [6.07, 6.45) is 9.90. The standard InChI is InChI=1S/C14H25N5O3/c20-12(9-11-13(21)16-14(22)19-17-11)18-15-8-4-7-10-5-2-1-3-6-10/h4,7-8,10-11,13-14,16-17,19,21-22H,1-3,5-6,9H2,(H,18,20)/b7-4+,15-8+. The number of aliphatic hydroxyl groups is 2. The van der Waals surface area contributed by atoms with Crippen LogP contribution in [0.2, 0.25) is 0 Å². The van der Waals surface area contributed by atoms with Gasteiger partial charge in [0.25, 0.3) is 0 Å². The van der Waals surface area contributed by atoms with Crippen LogP contribution in [0.1, 0.15) is 38.5 Å². The molecule has 8 heteroatoms. The first-order chi connectivity index (χ1) is 10.6. The average molecular weight is 311 g/mol. The topological polar surface area (TPSA) is 118 Å². The van der Waals surface area contributed by atoms with Crippen LogP contribution in [0, 0.1) is 5.92 Å². The molecule has 124 valence electrons. The highest BCUT2D eigenvalue weighted by molar-refractivity contribution is 5.79. The van der Waals surface area contributed by atoms with Gasteiger partial charge in [0.2, 0.25) is 5.91 Å². The number of carbonyl (C=O) groups is 1. The van der Waals surface area contributed by atoms with Crippen LogP contribution in [0.3, 0.4) is 0 Å². The van der Waals surface area contributed by atoms with E-state index in [0.29, 0.717) is 5.92 Å². The molecule has 1 saturated heterocycles. The van der Waals surface area contributed by atoms with Crippen molar-refractivity contribution in [2.75, 3.05) is 0 Å². The number of hydrazone groups is 1. The predicted molar refractivity (Wildman–Crippen MR) is 82.2 cm³/mol.